The molecule has 19 heavy (non-hydrogen) atoms. The molecule has 0 bridgehead atoms. The third-order valence-corrected chi connectivity index (χ3v) is 5.71. The minimum atomic E-state index is -6.00. The molecular weight excluding hydrogens is 279 g/mol. The molecule has 1 aliphatic heterocycles. The maximum atomic E-state index is 11.8. The van der Waals surface area contributed by atoms with Crippen molar-refractivity contribution in [2.45, 2.75) is 45.4 Å². The second-order valence-electron chi connectivity index (χ2n) is 4.66. The third kappa shape index (κ3) is 6.02. The Morgan fingerprint density at radius 3 is 2.11 bits per heavy atom. The van der Waals surface area contributed by atoms with Gasteiger partial charge in [0.1, 0.15) is 10.7 Å². The molecule has 0 amide bonds. The van der Waals surface area contributed by atoms with Crippen LogP contribution >= 0.6 is 0 Å². The van der Waals surface area contributed by atoms with Crippen molar-refractivity contribution < 1.29 is 22.1 Å². The van der Waals surface area contributed by atoms with Gasteiger partial charge in [0.15, 0.2) is 5.75 Å². The zero-order valence-electron chi connectivity index (χ0n) is 11.1. The number of ketones is 1. The molecule has 0 aromatic heterocycles. The number of rotatable bonds is 1. The molecule has 0 fully saturated rings. The van der Waals surface area contributed by atoms with Gasteiger partial charge in [-0.25, -0.2) is 0 Å². The van der Waals surface area contributed by atoms with Crippen molar-refractivity contribution in [3.05, 3.63) is 10.5 Å². The molecule has 0 aromatic carbocycles. The molecule has 1 aliphatic carbocycles. The van der Waals surface area contributed by atoms with E-state index >= 15 is 0 Å². The highest BCUT2D eigenvalue weighted by atomic mass is 32.2. The predicted octanol–water partition coefficient (Wildman–Crippen LogP) is 4.12. The first-order valence-electron chi connectivity index (χ1n) is 6.63. The normalized spacial score (nSPS) is 24.3. The first-order chi connectivity index (χ1) is 8.83. The number of Topliss-reactive ketones (excluding diaryl/α,β-unsaturated/α-hetero) is 1. The van der Waals surface area contributed by atoms with Crippen LogP contribution in [0.3, 0.4) is 0 Å². The Labute approximate surface area is 114 Å². The van der Waals surface area contributed by atoms with E-state index in [9.17, 15) is 22.1 Å². The van der Waals surface area contributed by atoms with Crippen LogP contribution in [0.2, 0.25) is 0 Å². The maximum absolute atomic E-state index is 11.8. The van der Waals surface area contributed by atoms with Crippen molar-refractivity contribution >= 4 is 23.9 Å². The first-order valence-corrected chi connectivity index (χ1v) is 8.19. The van der Waals surface area contributed by atoms with Crippen LogP contribution in [0.1, 0.15) is 45.4 Å². The molecule has 7 heteroatoms. The van der Waals surface area contributed by atoms with Crippen LogP contribution in [0.4, 0.5) is 17.3 Å². The molecule has 1 heterocycles. The van der Waals surface area contributed by atoms with E-state index in [1.807, 2.05) is 0 Å². The SMILES string of the molecule is CC[S+]1CC(=O)C2=C1CCCCCC2.F[B-](F)(F)F. The summed E-state index contributed by atoms with van der Waals surface area (Å²) in [5.74, 6) is 2.51. The lowest BCUT2D eigenvalue weighted by Gasteiger charge is -2.08. The van der Waals surface area contributed by atoms with Crippen molar-refractivity contribution in [3.8, 4) is 0 Å². The van der Waals surface area contributed by atoms with Crippen molar-refractivity contribution in [2.24, 2.45) is 0 Å². The molecular formula is C12H19BF4OS. The Hall–Kier alpha value is -0.455. The first kappa shape index (κ1) is 16.6. The molecule has 110 valence electrons. The molecule has 1 nitrogen and oxygen atoms in total. The number of hydrogen-bond acceptors (Lipinski definition) is 1. The van der Waals surface area contributed by atoms with E-state index < -0.39 is 7.25 Å². The van der Waals surface area contributed by atoms with Crippen molar-refractivity contribution in [2.75, 3.05) is 11.5 Å². The summed E-state index contributed by atoms with van der Waals surface area (Å²) < 4.78 is 39.0. The number of allylic oxidation sites excluding steroid dienone is 2. The largest absolute Gasteiger partial charge is 0.673 e. The fraction of sp³-hybridized carbons (Fsp3) is 0.750. The lowest BCUT2D eigenvalue weighted by molar-refractivity contribution is -0.113. The monoisotopic (exact) mass is 298 g/mol. The molecule has 0 aromatic rings. The van der Waals surface area contributed by atoms with Crippen LogP contribution in [-0.2, 0) is 15.7 Å². The summed E-state index contributed by atoms with van der Waals surface area (Å²) in [6.07, 6.45) is 7.55. The van der Waals surface area contributed by atoms with Crippen molar-refractivity contribution in [1.29, 1.82) is 0 Å². The van der Waals surface area contributed by atoms with Gasteiger partial charge >= 0.3 is 7.25 Å². The van der Waals surface area contributed by atoms with Gasteiger partial charge in [-0.3, -0.25) is 4.79 Å². The Balaban J connectivity index is 0.000000312. The van der Waals surface area contributed by atoms with Crippen LogP contribution in [0, 0.1) is 0 Å². The molecule has 0 spiro atoms. The summed E-state index contributed by atoms with van der Waals surface area (Å²) in [5, 5.41) is 0. The van der Waals surface area contributed by atoms with E-state index in [0.717, 1.165) is 12.2 Å². The average Bonchev–Trinajstić information content (AvgIpc) is 2.51. The van der Waals surface area contributed by atoms with Gasteiger partial charge in [0, 0.05) is 17.3 Å². The van der Waals surface area contributed by atoms with Gasteiger partial charge in [-0.2, -0.15) is 0 Å². The summed E-state index contributed by atoms with van der Waals surface area (Å²) in [4.78, 5) is 13.4. The zero-order chi connectivity index (χ0) is 14.5. The van der Waals surface area contributed by atoms with Gasteiger partial charge in [0.25, 0.3) is 0 Å². The van der Waals surface area contributed by atoms with E-state index in [2.05, 4.69) is 6.92 Å². The smallest absolute Gasteiger partial charge is 0.418 e. The van der Waals surface area contributed by atoms with E-state index in [1.165, 1.54) is 43.4 Å². The topological polar surface area (TPSA) is 17.1 Å². The molecule has 0 saturated heterocycles. The second kappa shape index (κ2) is 7.36. The number of halogens is 4. The minimum Gasteiger partial charge on any atom is -0.418 e. The fourth-order valence-corrected chi connectivity index (χ4v) is 4.67. The molecule has 0 radical (unpaired) electrons. The molecule has 2 rings (SSSR count). The second-order valence-corrected chi connectivity index (χ2v) is 7.00. The molecule has 2 aliphatic rings. The van der Waals surface area contributed by atoms with Crippen LogP contribution in [0.25, 0.3) is 0 Å². The quantitative estimate of drug-likeness (QED) is 0.404. The molecule has 1 unspecified atom stereocenters. The highest BCUT2D eigenvalue weighted by Crippen LogP contribution is 2.34. The number of hydrogen-bond donors (Lipinski definition) is 0. The van der Waals surface area contributed by atoms with Crippen LogP contribution in [0.15, 0.2) is 10.5 Å². The Morgan fingerprint density at radius 1 is 1.05 bits per heavy atom. The maximum Gasteiger partial charge on any atom is 0.673 e. The molecule has 1 atom stereocenters. The average molecular weight is 298 g/mol. The lowest BCUT2D eigenvalue weighted by atomic mass is 9.98. The van der Waals surface area contributed by atoms with E-state index in [0.29, 0.717) is 16.7 Å². The van der Waals surface area contributed by atoms with E-state index in [-0.39, 0.29) is 0 Å². The Morgan fingerprint density at radius 2 is 1.58 bits per heavy atom. The summed E-state index contributed by atoms with van der Waals surface area (Å²) in [6, 6.07) is 0. The Bertz CT molecular complexity index is 348. The van der Waals surface area contributed by atoms with E-state index in [1.54, 1.807) is 4.91 Å². The van der Waals surface area contributed by atoms with Crippen LogP contribution in [0.5, 0.6) is 0 Å². The molecule has 0 saturated carbocycles. The van der Waals surface area contributed by atoms with E-state index in [4.69, 9.17) is 0 Å². The zero-order valence-corrected chi connectivity index (χ0v) is 11.9. The van der Waals surface area contributed by atoms with Gasteiger partial charge in [0.2, 0.25) is 5.78 Å². The van der Waals surface area contributed by atoms with Gasteiger partial charge in [0.05, 0.1) is 5.57 Å². The van der Waals surface area contributed by atoms with Crippen molar-refractivity contribution in [1.82, 2.24) is 0 Å². The van der Waals surface area contributed by atoms with Gasteiger partial charge in [-0.1, -0.05) is 12.8 Å². The fourth-order valence-electron chi connectivity index (χ4n) is 2.45. The van der Waals surface area contributed by atoms with Crippen molar-refractivity contribution in [3.63, 3.8) is 0 Å². The highest BCUT2D eigenvalue weighted by Gasteiger charge is 2.39. The standard InChI is InChI=1S/C12H19OS.BF4/c1-2-14-9-11(13)10-7-5-3-4-6-8-12(10)14;2-1(3,4)5/h2-9H2,1H3;/q+1;-1. The third-order valence-electron chi connectivity index (χ3n) is 3.26. The minimum absolute atomic E-state index is 0.330. The lowest BCUT2D eigenvalue weighted by Crippen LogP contribution is -2.10. The van der Waals surface area contributed by atoms with Crippen LogP contribution in [-0.4, -0.2) is 24.5 Å². The highest BCUT2D eigenvalue weighted by molar-refractivity contribution is 8.01. The van der Waals surface area contributed by atoms with Gasteiger partial charge < -0.3 is 17.3 Å². The Kier molecular flexibility index (Phi) is 6.43. The van der Waals surface area contributed by atoms with Gasteiger partial charge in [-0.05, 0) is 26.2 Å². The molecule has 0 N–H and O–H groups in total. The number of carbonyl (C=O) groups is 1. The van der Waals surface area contributed by atoms with Crippen LogP contribution < -0.4 is 0 Å². The summed E-state index contributed by atoms with van der Waals surface area (Å²) in [5.41, 5.74) is 1.25. The summed E-state index contributed by atoms with van der Waals surface area (Å²) in [6.45, 7) is 2.23. The predicted molar refractivity (Wildman–Crippen MR) is 72.7 cm³/mol. The number of carbonyl (C=O) groups excluding carboxylic acids is 1. The van der Waals surface area contributed by atoms with Gasteiger partial charge in [-0.15, -0.1) is 0 Å². The summed E-state index contributed by atoms with van der Waals surface area (Å²) >= 11 is 0. The summed E-state index contributed by atoms with van der Waals surface area (Å²) in [7, 11) is -5.67.